The lowest BCUT2D eigenvalue weighted by atomic mass is 9.70. The molecule has 286 valence electrons. The van der Waals surface area contributed by atoms with E-state index in [4.69, 9.17) is 4.74 Å². The van der Waals surface area contributed by atoms with Crippen LogP contribution in [0.4, 0.5) is 5.69 Å². The number of piperazine rings is 1. The van der Waals surface area contributed by atoms with E-state index in [0.29, 0.717) is 37.0 Å². The SMILES string of the molecule is CC1CC(N2CCC(CN3CCN(c4ccc5c(c4)CN([C@H]4CCC(=O)NC4=O)C5=O)CC3)CC2)=CC=C1[C@@H]1c2ccc(O)cc2OC[C@@H]1c1ccccc1. The number of phenols is 1. The summed E-state index contributed by atoms with van der Waals surface area (Å²) < 4.78 is 6.23. The largest absolute Gasteiger partial charge is 0.508 e. The fourth-order valence-corrected chi connectivity index (χ4v) is 10.0. The molecule has 9 rings (SSSR count). The standard InChI is InChI=1S/C45H51N5O5/c1-29-23-33(7-10-36(29)43-38-12-9-35(51)25-41(38)55-28-39(43)31-5-3-2-4-6-31)48-17-15-30(16-18-48)26-47-19-21-49(22-20-47)34-8-11-37-32(24-34)27-50(45(37)54)40-13-14-42(52)46-44(40)53/h2-12,24-25,29-30,39-40,43,51H,13-23,26-28H2,1H3,(H,46,52,53)/t29?,39-,40+,43-/m1/s1. The number of fused-ring (bicyclic) bond motifs is 2. The minimum Gasteiger partial charge on any atom is -0.508 e. The number of carbonyl (C=O) groups is 3. The second kappa shape index (κ2) is 14.9. The predicted molar refractivity (Wildman–Crippen MR) is 211 cm³/mol. The first-order valence-electron chi connectivity index (χ1n) is 20.2. The Morgan fingerprint density at radius 2 is 1.65 bits per heavy atom. The van der Waals surface area contributed by atoms with Crippen molar-refractivity contribution in [3.63, 3.8) is 0 Å². The van der Waals surface area contributed by atoms with Gasteiger partial charge in [-0.1, -0.05) is 55.0 Å². The van der Waals surface area contributed by atoms with Crippen LogP contribution >= 0.6 is 0 Å². The summed E-state index contributed by atoms with van der Waals surface area (Å²) in [7, 11) is 0. The molecular formula is C45H51N5O5. The lowest BCUT2D eigenvalue weighted by molar-refractivity contribution is -0.136. The molecule has 2 N–H and O–H groups in total. The molecule has 3 amide bonds. The number of imide groups is 1. The van der Waals surface area contributed by atoms with Gasteiger partial charge in [-0.05, 0) is 79.0 Å². The molecule has 3 saturated heterocycles. The van der Waals surface area contributed by atoms with Crippen LogP contribution in [0.25, 0.3) is 0 Å². The van der Waals surface area contributed by atoms with Gasteiger partial charge in [-0.25, -0.2) is 0 Å². The van der Waals surface area contributed by atoms with E-state index in [1.807, 2.05) is 12.1 Å². The highest BCUT2D eigenvalue weighted by atomic mass is 16.5. The number of anilines is 1. The van der Waals surface area contributed by atoms with Crippen molar-refractivity contribution in [1.29, 1.82) is 0 Å². The van der Waals surface area contributed by atoms with Gasteiger partial charge in [-0.15, -0.1) is 0 Å². The van der Waals surface area contributed by atoms with Crippen molar-refractivity contribution in [2.24, 2.45) is 11.8 Å². The molecule has 5 heterocycles. The van der Waals surface area contributed by atoms with Gasteiger partial charge >= 0.3 is 0 Å². The number of amides is 3. The summed E-state index contributed by atoms with van der Waals surface area (Å²) >= 11 is 0. The third-order valence-electron chi connectivity index (χ3n) is 13.1. The van der Waals surface area contributed by atoms with Gasteiger partial charge in [0.25, 0.3) is 5.91 Å². The summed E-state index contributed by atoms with van der Waals surface area (Å²) in [4.78, 5) is 46.6. The van der Waals surface area contributed by atoms with Crippen molar-refractivity contribution in [3.05, 3.63) is 112 Å². The van der Waals surface area contributed by atoms with Crippen LogP contribution in [0.3, 0.4) is 0 Å². The van der Waals surface area contributed by atoms with Gasteiger partial charge in [0, 0.05) is 99.2 Å². The molecule has 3 aromatic rings. The quantitative estimate of drug-likeness (QED) is 0.293. The molecule has 6 aliphatic rings. The zero-order valence-electron chi connectivity index (χ0n) is 31.7. The summed E-state index contributed by atoms with van der Waals surface area (Å²) in [6.07, 6.45) is 8.87. The fourth-order valence-electron chi connectivity index (χ4n) is 10.0. The van der Waals surface area contributed by atoms with E-state index in [9.17, 15) is 19.5 Å². The van der Waals surface area contributed by atoms with Gasteiger partial charge in [0.15, 0.2) is 0 Å². The average Bonchev–Trinajstić information content (AvgIpc) is 3.53. The number of aromatic hydroxyl groups is 1. The number of ether oxygens (including phenoxy) is 1. The fraction of sp³-hybridized carbons (Fsp3) is 0.444. The summed E-state index contributed by atoms with van der Waals surface area (Å²) in [6, 6.07) is 21.8. The van der Waals surface area contributed by atoms with Crippen molar-refractivity contribution in [2.45, 2.75) is 63.5 Å². The Kier molecular flexibility index (Phi) is 9.62. The van der Waals surface area contributed by atoms with Crippen LogP contribution in [-0.4, -0.2) is 96.0 Å². The van der Waals surface area contributed by atoms with Crippen molar-refractivity contribution < 1.29 is 24.2 Å². The van der Waals surface area contributed by atoms with Crippen molar-refractivity contribution >= 4 is 23.4 Å². The summed E-state index contributed by atoms with van der Waals surface area (Å²) in [5, 5.41) is 12.6. The maximum Gasteiger partial charge on any atom is 0.255 e. The number of carbonyl (C=O) groups excluding carboxylic acids is 3. The minimum atomic E-state index is -0.587. The molecule has 1 aliphatic carbocycles. The summed E-state index contributed by atoms with van der Waals surface area (Å²) in [5.41, 5.74) is 8.11. The van der Waals surface area contributed by atoms with E-state index in [1.165, 1.54) is 29.7 Å². The number of nitrogens with zero attached hydrogens (tertiary/aromatic N) is 4. The van der Waals surface area contributed by atoms with Gasteiger partial charge in [-0.2, -0.15) is 0 Å². The molecule has 4 atom stereocenters. The van der Waals surface area contributed by atoms with Crippen LogP contribution in [0.5, 0.6) is 11.5 Å². The predicted octanol–water partition coefficient (Wildman–Crippen LogP) is 5.80. The third-order valence-corrected chi connectivity index (χ3v) is 13.1. The van der Waals surface area contributed by atoms with Gasteiger partial charge in [-0.3, -0.25) is 24.6 Å². The number of phenolic OH excluding ortho intramolecular Hbond substituents is 1. The Hall–Kier alpha value is -5.09. The van der Waals surface area contributed by atoms with Crippen LogP contribution in [0.2, 0.25) is 0 Å². The van der Waals surface area contributed by atoms with Crippen molar-refractivity contribution in [2.75, 3.05) is 57.3 Å². The normalized spacial score (nSPS) is 26.2. The van der Waals surface area contributed by atoms with Crippen LogP contribution in [0.1, 0.15) is 77.9 Å². The molecule has 0 saturated carbocycles. The Labute approximate surface area is 323 Å². The minimum absolute atomic E-state index is 0.122. The summed E-state index contributed by atoms with van der Waals surface area (Å²) in [5.74, 6) is 1.80. The average molecular weight is 742 g/mol. The Bertz CT molecular complexity index is 2030. The first kappa shape index (κ1) is 35.6. The molecule has 0 aromatic heterocycles. The van der Waals surface area contributed by atoms with E-state index < -0.39 is 6.04 Å². The molecule has 0 spiro atoms. The maximum absolute atomic E-state index is 13.2. The molecule has 3 aromatic carbocycles. The summed E-state index contributed by atoms with van der Waals surface area (Å²) in [6.45, 7) is 10.7. The number of likely N-dealkylation sites (tertiary alicyclic amines) is 1. The van der Waals surface area contributed by atoms with Crippen molar-refractivity contribution in [1.82, 2.24) is 20.0 Å². The Balaban J connectivity index is 0.789. The molecular weight excluding hydrogens is 691 g/mol. The van der Waals surface area contributed by atoms with Gasteiger partial charge in [0.1, 0.15) is 17.5 Å². The zero-order chi connectivity index (χ0) is 37.6. The third kappa shape index (κ3) is 7.01. The van der Waals surface area contributed by atoms with Gasteiger partial charge < -0.3 is 24.5 Å². The molecule has 55 heavy (non-hydrogen) atoms. The van der Waals surface area contributed by atoms with E-state index in [1.54, 1.807) is 17.0 Å². The number of benzene rings is 3. The molecule has 10 nitrogen and oxygen atoms in total. The highest BCUT2D eigenvalue weighted by molar-refractivity contribution is 6.05. The van der Waals surface area contributed by atoms with E-state index >= 15 is 0 Å². The van der Waals surface area contributed by atoms with Crippen LogP contribution in [0.15, 0.2) is 90.2 Å². The second-order valence-electron chi connectivity index (χ2n) is 16.4. The van der Waals surface area contributed by atoms with Crippen LogP contribution in [-0.2, 0) is 16.1 Å². The highest BCUT2D eigenvalue weighted by Crippen LogP contribution is 2.50. The monoisotopic (exact) mass is 741 g/mol. The lowest BCUT2D eigenvalue weighted by Crippen LogP contribution is -2.52. The van der Waals surface area contributed by atoms with E-state index in [2.05, 4.69) is 81.6 Å². The molecule has 5 aliphatic heterocycles. The van der Waals surface area contributed by atoms with Crippen LogP contribution in [0, 0.1) is 11.8 Å². The number of rotatable bonds is 7. The number of hydrogen-bond acceptors (Lipinski definition) is 8. The molecule has 1 unspecified atom stereocenters. The van der Waals surface area contributed by atoms with E-state index in [-0.39, 0.29) is 41.7 Å². The molecule has 3 fully saturated rings. The molecule has 10 heteroatoms. The van der Waals surface area contributed by atoms with Crippen LogP contribution < -0.4 is 15.0 Å². The second-order valence-corrected chi connectivity index (χ2v) is 16.4. The maximum atomic E-state index is 13.2. The van der Waals surface area contributed by atoms with Gasteiger partial charge in [0.05, 0.1) is 6.61 Å². The smallest absolute Gasteiger partial charge is 0.255 e. The zero-order valence-corrected chi connectivity index (χ0v) is 31.7. The number of allylic oxidation sites excluding steroid dienone is 4. The Morgan fingerprint density at radius 1 is 0.855 bits per heavy atom. The topological polar surface area (TPSA) is 106 Å². The number of hydrogen-bond donors (Lipinski definition) is 2. The first-order valence-corrected chi connectivity index (χ1v) is 20.2. The molecule has 0 bridgehead atoms. The highest BCUT2D eigenvalue weighted by Gasteiger charge is 2.40. The number of nitrogens with one attached hydrogen (secondary N) is 1. The first-order chi connectivity index (χ1) is 26.8. The lowest BCUT2D eigenvalue weighted by Gasteiger charge is -2.42. The van der Waals surface area contributed by atoms with Gasteiger partial charge in [0.2, 0.25) is 11.8 Å². The van der Waals surface area contributed by atoms with E-state index in [0.717, 1.165) is 74.8 Å². The Morgan fingerprint density at radius 3 is 2.42 bits per heavy atom. The number of piperidine rings is 2. The van der Waals surface area contributed by atoms with Crippen molar-refractivity contribution in [3.8, 4) is 11.5 Å². The molecule has 0 radical (unpaired) electrons.